The highest BCUT2D eigenvalue weighted by Crippen LogP contribution is 2.16. The SMILES string of the molecule is CCc1cnc(CNC(=NC)NC2CCN(Cc3ccc(Cl)cc3)CC2)s1. The molecule has 2 N–H and O–H groups in total. The Bertz CT molecular complexity index is 735. The van der Waals surface area contributed by atoms with E-state index in [0.717, 1.165) is 61.4 Å². The predicted molar refractivity (Wildman–Crippen MR) is 115 cm³/mol. The van der Waals surface area contributed by atoms with E-state index in [4.69, 9.17) is 11.6 Å². The Morgan fingerprint density at radius 2 is 2.04 bits per heavy atom. The smallest absolute Gasteiger partial charge is 0.191 e. The van der Waals surface area contributed by atoms with Gasteiger partial charge in [0.15, 0.2) is 5.96 Å². The molecule has 1 fully saturated rings. The quantitative estimate of drug-likeness (QED) is 0.568. The molecule has 0 bridgehead atoms. The Kier molecular flexibility index (Phi) is 7.50. The Hall–Kier alpha value is -1.63. The molecule has 0 radical (unpaired) electrons. The van der Waals surface area contributed by atoms with Gasteiger partial charge in [-0.15, -0.1) is 11.3 Å². The van der Waals surface area contributed by atoms with Gasteiger partial charge in [-0.3, -0.25) is 9.89 Å². The van der Waals surface area contributed by atoms with Crippen LogP contribution in [0.25, 0.3) is 0 Å². The van der Waals surface area contributed by atoms with E-state index < -0.39 is 0 Å². The van der Waals surface area contributed by atoms with E-state index in [1.165, 1.54) is 10.4 Å². The molecule has 2 heterocycles. The highest BCUT2D eigenvalue weighted by molar-refractivity contribution is 7.11. The topological polar surface area (TPSA) is 52.6 Å². The summed E-state index contributed by atoms with van der Waals surface area (Å²) in [6.45, 7) is 6.04. The third-order valence-electron chi connectivity index (χ3n) is 4.83. The molecular formula is C20H28ClN5S. The Morgan fingerprint density at radius 1 is 1.30 bits per heavy atom. The van der Waals surface area contributed by atoms with Gasteiger partial charge in [0.25, 0.3) is 0 Å². The number of aliphatic imine (C=N–C) groups is 1. The summed E-state index contributed by atoms with van der Waals surface area (Å²) in [5.41, 5.74) is 1.32. The van der Waals surface area contributed by atoms with Gasteiger partial charge in [-0.05, 0) is 37.0 Å². The summed E-state index contributed by atoms with van der Waals surface area (Å²) >= 11 is 7.73. The van der Waals surface area contributed by atoms with Gasteiger partial charge >= 0.3 is 0 Å². The number of piperidine rings is 1. The van der Waals surface area contributed by atoms with Crippen LogP contribution < -0.4 is 10.6 Å². The van der Waals surface area contributed by atoms with Crippen LogP contribution >= 0.6 is 22.9 Å². The zero-order valence-electron chi connectivity index (χ0n) is 16.0. The summed E-state index contributed by atoms with van der Waals surface area (Å²) in [6, 6.07) is 8.61. The number of benzene rings is 1. The third kappa shape index (κ3) is 6.19. The van der Waals surface area contributed by atoms with Crippen LogP contribution in [0.1, 0.15) is 35.2 Å². The number of halogens is 1. The van der Waals surface area contributed by atoms with E-state index in [2.05, 4.69) is 44.6 Å². The molecule has 27 heavy (non-hydrogen) atoms. The van der Waals surface area contributed by atoms with Crippen molar-refractivity contribution in [2.24, 2.45) is 4.99 Å². The van der Waals surface area contributed by atoms with Gasteiger partial charge in [-0.25, -0.2) is 4.98 Å². The fourth-order valence-electron chi connectivity index (χ4n) is 3.22. The molecule has 1 aliphatic heterocycles. The maximum Gasteiger partial charge on any atom is 0.191 e. The van der Waals surface area contributed by atoms with Crippen LogP contribution in [0.15, 0.2) is 35.5 Å². The molecular weight excluding hydrogens is 378 g/mol. The molecule has 5 nitrogen and oxygen atoms in total. The van der Waals surface area contributed by atoms with Gasteiger partial charge in [0.05, 0.1) is 6.54 Å². The summed E-state index contributed by atoms with van der Waals surface area (Å²) in [7, 11) is 1.82. The Labute approximate surface area is 170 Å². The number of hydrogen-bond donors (Lipinski definition) is 2. The second-order valence-corrected chi connectivity index (χ2v) is 8.46. The zero-order chi connectivity index (χ0) is 19.1. The first-order chi connectivity index (χ1) is 13.2. The van der Waals surface area contributed by atoms with Gasteiger partial charge in [0.1, 0.15) is 5.01 Å². The van der Waals surface area contributed by atoms with Crippen molar-refractivity contribution in [2.75, 3.05) is 20.1 Å². The number of rotatable bonds is 6. The van der Waals surface area contributed by atoms with Crippen molar-refractivity contribution in [3.63, 3.8) is 0 Å². The van der Waals surface area contributed by atoms with Crippen molar-refractivity contribution in [3.05, 3.63) is 50.9 Å². The molecule has 3 rings (SSSR count). The standard InChI is InChI=1S/C20H28ClN5S/c1-3-18-12-23-19(27-18)13-24-20(22-2)25-17-8-10-26(11-9-17)14-15-4-6-16(21)7-5-15/h4-7,12,17H,3,8-11,13-14H2,1-2H3,(H2,22,24,25). The van der Waals surface area contributed by atoms with Crippen LogP contribution in [-0.4, -0.2) is 42.0 Å². The van der Waals surface area contributed by atoms with Crippen molar-refractivity contribution in [1.82, 2.24) is 20.5 Å². The number of likely N-dealkylation sites (tertiary alicyclic amines) is 1. The molecule has 1 aromatic heterocycles. The van der Waals surface area contributed by atoms with Crippen molar-refractivity contribution >= 4 is 28.9 Å². The molecule has 0 amide bonds. The molecule has 0 saturated carbocycles. The summed E-state index contributed by atoms with van der Waals surface area (Å²) in [4.78, 5) is 12.6. The lowest BCUT2D eigenvalue weighted by Crippen LogP contribution is -2.48. The van der Waals surface area contributed by atoms with Crippen LogP contribution in [0.4, 0.5) is 0 Å². The molecule has 1 aliphatic rings. The second-order valence-electron chi connectivity index (χ2n) is 6.82. The number of guanidine groups is 1. The van der Waals surface area contributed by atoms with Gasteiger partial charge < -0.3 is 10.6 Å². The minimum Gasteiger partial charge on any atom is -0.354 e. The van der Waals surface area contributed by atoms with Crippen LogP contribution in [0.2, 0.25) is 5.02 Å². The molecule has 0 unspecified atom stereocenters. The molecule has 1 aromatic carbocycles. The first-order valence-electron chi connectivity index (χ1n) is 9.54. The first-order valence-corrected chi connectivity index (χ1v) is 10.7. The van der Waals surface area contributed by atoms with E-state index >= 15 is 0 Å². The zero-order valence-corrected chi connectivity index (χ0v) is 17.6. The largest absolute Gasteiger partial charge is 0.354 e. The molecule has 0 atom stereocenters. The van der Waals surface area contributed by atoms with Gasteiger partial charge in [-0.1, -0.05) is 30.7 Å². The fourth-order valence-corrected chi connectivity index (χ4v) is 4.15. The average molecular weight is 406 g/mol. The number of nitrogens with one attached hydrogen (secondary N) is 2. The van der Waals surface area contributed by atoms with Crippen LogP contribution in [0.5, 0.6) is 0 Å². The van der Waals surface area contributed by atoms with Gasteiger partial charge in [-0.2, -0.15) is 0 Å². The molecule has 0 aliphatic carbocycles. The van der Waals surface area contributed by atoms with Crippen molar-refractivity contribution in [1.29, 1.82) is 0 Å². The Balaban J connectivity index is 1.41. The lowest BCUT2D eigenvalue weighted by molar-refractivity contribution is 0.198. The van der Waals surface area contributed by atoms with E-state index in [-0.39, 0.29) is 0 Å². The van der Waals surface area contributed by atoms with Crippen molar-refractivity contribution < 1.29 is 0 Å². The summed E-state index contributed by atoms with van der Waals surface area (Å²) in [5.74, 6) is 0.861. The second kappa shape index (κ2) is 10.1. The molecule has 7 heteroatoms. The maximum absolute atomic E-state index is 5.97. The minimum atomic E-state index is 0.458. The van der Waals surface area contributed by atoms with Crippen LogP contribution in [0, 0.1) is 0 Å². The number of hydrogen-bond acceptors (Lipinski definition) is 4. The highest BCUT2D eigenvalue weighted by Gasteiger charge is 2.20. The van der Waals surface area contributed by atoms with Crippen LogP contribution in [-0.2, 0) is 19.5 Å². The molecule has 146 valence electrons. The predicted octanol–water partition coefficient (Wildman–Crippen LogP) is 3.69. The lowest BCUT2D eigenvalue weighted by Gasteiger charge is -2.33. The number of aryl methyl sites for hydroxylation is 1. The average Bonchev–Trinajstić information content (AvgIpc) is 3.16. The molecule has 0 spiro atoms. The molecule has 1 saturated heterocycles. The van der Waals surface area contributed by atoms with Gasteiger partial charge in [0, 0.05) is 48.8 Å². The fraction of sp³-hybridized carbons (Fsp3) is 0.500. The summed E-state index contributed by atoms with van der Waals surface area (Å²) in [5, 5.41) is 8.85. The minimum absolute atomic E-state index is 0.458. The normalized spacial score (nSPS) is 16.5. The third-order valence-corrected chi connectivity index (χ3v) is 6.22. The summed E-state index contributed by atoms with van der Waals surface area (Å²) in [6.07, 6.45) is 5.24. The summed E-state index contributed by atoms with van der Waals surface area (Å²) < 4.78 is 0. The van der Waals surface area contributed by atoms with Crippen LogP contribution in [0.3, 0.4) is 0 Å². The number of nitrogens with zero attached hydrogens (tertiary/aromatic N) is 3. The number of aromatic nitrogens is 1. The van der Waals surface area contributed by atoms with E-state index in [0.29, 0.717) is 6.04 Å². The van der Waals surface area contributed by atoms with Crippen molar-refractivity contribution in [2.45, 2.75) is 45.3 Å². The maximum atomic E-state index is 5.97. The van der Waals surface area contributed by atoms with E-state index in [1.807, 2.05) is 25.4 Å². The Morgan fingerprint density at radius 3 is 2.67 bits per heavy atom. The van der Waals surface area contributed by atoms with Gasteiger partial charge in [0.2, 0.25) is 0 Å². The molecule has 2 aromatic rings. The van der Waals surface area contributed by atoms with E-state index in [1.54, 1.807) is 11.3 Å². The first kappa shape index (κ1) is 20.1. The van der Waals surface area contributed by atoms with E-state index in [9.17, 15) is 0 Å². The number of thiazole rings is 1. The monoisotopic (exact) mass is 405 g/mol. The highest BCUT2D eigenvalue weighted by atomic mass is 35.5. The van der Waals surface area contributed by atoms with Crippen molar-refractivity contribution in [3.8, 4) is 0 Å². The lowest BCUT2D eigenvalue weighted by atomic mass is 10.0.